The molecule has 0 spiro atoms. The third-order valence-corrected chi connectivity index (χ3v) is 1.58. The molecule has 0 amide bonds. The summed E-state index contributed by atoms with van der Waals surface area (Å²) in [6.07, 6.45) is 3.43. The lowest BCUT2D eigenvalue weighted by molar-refractivity contribution is 0.736. The summed E-state index contributed by atoms with van der Waals surface area (Å²) in [5, 5.41) is 7.79. The Morgan fingerprint density at radius 3 is 2.57 bits per heavy atom. The summed E-state index contributed by atoms with van der Waals surface area (Å²) in [5.74, 6) is 2.09. The Morgan fingerprint density at radius 1 is 1.29 bits per heavy atom. The van der Waals surface area contributed by atoms with Gasteiger partial charge in [0.2, 0.25) is 0 Å². The van der Waals surface area contributed by atoms with Gasteiger partial charge in [-0.15, -0.1) is 5.10 Å². The number of aromatic nitrogens is 3. The molecule has 76 valence electrons. The lowest BCUT2D eigenvalue weighted by Gasteiger charge is -2.01. The minimum Gasteiger partial charge on any atom is -0.240 e. The predicted octanol–water partition coefficient (Wildman–Crippen LogP) is 2.35. The second kappa shape index (κ2) is 4.79. The number of rotatable bonds is 3. The largest absolute Gasteiger partial charge is 0.240 e. The van der Waals surface area contributed by atoms with E-state index < -0.39 is 0 Å². The van der Waals surface area contributed by atoms with Crippen molar-refractivity contribution in [2.45, 2.75) is 33.6 Å². The standard InChI is InChI=1S/C10H16N4/c1-7(2)5-11-9-6-12-14-10(13-9)8(3)4/h5-8H,1-4H3. The molecule has 1 heterocycles. The van der Waals surface area contributed by atoms with Crippen molar-refractivity contribution in [3.8, 4) is 0 Å². The van der Waals surface area contributed by atoms with Gasteiger partial charge in [0.25, 0.3) is 0 Å². The van der Waals surface area contributed by atoms with Crippen LogP contribution in [-0.2, 0) is 0 Å². The van der Waals surface area contributed by atoms with Gasteiger partial charge in [-0.3, -0.25) is 0 Å². The van der Waals surface area contributed by atoms with Crippen LogP contribution in [0.5, 0.6) is 0 Å². The zero-order valence-corrected chi connectivity index (χ0v) is 9.10. The third-order valence-electron chi connectivity index (χ3n) is 1.58. The highest BCUT2D eigenvalue weighted by Gasteiger charge is 2.03. The molecule has 0 aliphatic rings. The number of hydrogen-bond donors (Lipinski definition) is 0. The van der Waals surface area contributed by atoms with E-state index in [4.69, 9.17) is 0 Å². The van der Waals surface area contributed by atoms with E-state index in [1.54, 1.807) is 6.20 Å². The van der Waals surface area contributed by atoms with E-state index in [0.717, 1.165) is 5.82 Å². The zero-order valence-electron chi connectivity index (χ0n) is 9.10. The molecule has 4 nitrogen and oxygen atoms in total. The van der Waals surface area contributed by atoms with Crippen LogP contribution in [0.1, 0.15) is 39.4 Å². The van der Waals surface area contributed by atoms with Crippen molar-refractivity contribution in [1.29, 1.82) is 0 Å². The Bertz CT molecular complexity index is 318. The van der Waals surface area contributed by atoms with Gasteiger partial charge < -0.3 is 0 Å². The van der Waals surface area contributed by atoms with Crippen LogP contribution in [0.15, 0.2) is 11.2 Å². The fourth-order valence-corrected chi connectivity index (χ4v) is 0.840. The number of hydrogen-bond acceptors (Lipinski definition) is 4. The molecule has 0 aliphatic carbocycles. The maximum atomic E-state index is 4.27. The van der Waals surface area contributed by atoms with Gasteiger partial charge in [-0.1, -0.05) is 27.7 Å². The number of nitrogens with zero attached hydrogens (tertiary/aromatic N) is 4. The van der Waals surface area contributed by atoms with Crippen molar-refractivity contribution in [2.24, 2.45) is 10.9 Å². The molecule has 0 bridgehead atoms. The zero-order chi connectivity index (χ0) is 10.6. The molecule has 1 aromatic heterocycles. The highest BCUT2D eigenvalue weighted by molar-refractivity contribution is 5.63. The first-order valence-corrected chi connectivity index (χ1v) is 4.83. The van der Waals surface area contributed by atoms with Crippen LogP contribution in [-0.4, -0.2) is 21.4 Å². The Hall–Kier alpha value is -1.32. The molecule has 14 heavy (non-hydrogen) atoms. The van der Waals surface area contributed by atoms with E-state index >= 15 is 0 Å². The fraction of sp³-hybridized carbons (Fsp3) is 0.600. The molecule has 0 fully saturated rings. The van der Waals surface area contributed by atoms with Gasteiger partial charge >= 0.3 is 0 Å². The van der Waals surface area contributed by atoms with Crippen LogP contribution >= 0.6 is 0 Å². The summed E-state index contributed by atoms with van der Waals surface area (Å²) in [6.45, 7) is 8.21. The van der Waals surface area contributed by atoms with E-state index in [1.165, 1.54) is 0 Å². The van der Waals surface area contributed by atoms with E-state index in [1.807, 2.05) is 20.1 Å². The van der Waals surface area contributed by atoms with Crippen molar-refractivity contribution in [3.63, 3.8) is 0 Å². The van der Waals surface area contributed by atoms with Gasteiger partial charge in [-0.25, -0.2) is 9.98 Å². The normalized spacial score (nSPS) is 11.9. The molecule has 4 heteroatoms. The van der Waals surface area contributed by atoms with Gasteiger partial charge in [-0.2, -0.15) is 5.10 Å². The molecule has 0 saturated carbocycles. The van der Waals surface area contributed by atoms with Crippen molar-refractivity contribution >= 4 is 12.0 Å². The topological polar surface area (TPSA) is 51.0 Å². The highest BCUT2D eigenvalue weighted by atomic mass is 15.2. The molecule has 0 N–H and O–H groups in total. The highest BCUT2D eigenvalue weighted by Crippen LogP contribution is 2.11. The predicted molar refractivity (Wildman–Crippen MR) is 56.9 cm³/mol. The van der Waals surface area contributed by atoms with Gasteiger partial charge in [-0.05, 0) is 5.92 Å². The second-order valence-electron chi connectivity index (χ2n) is 3.85. The Morgan fingerprint density at radius 2 is 2.00 bits per heavy atom. The van der Waals surface area contributed by atoms with Gasteiger partial charge in [0.1, 0.15) is 0 Å². The van der Waals surface area contributed by atoms with Crippen molar-refractivity contribution in [1.82, 2.24) is 15.2 Å². The molecule has 0 aromatic carbocycles. The van der Waals surface area contributed by atoms with E-state index in [-0.39, 0.29) is 5.92 Å². The van der Waals surface area contributed by atoms with Gasteiger partial charge in [0.15, 0.2) is 11.6 Å². The van der Waals surface area contributed by atoms with Crippen LogP contribution < -0.4 is 0 Å². The Balaban J connectivity index is 2.83. The van der Waals surface area contributed by atoms with E-state index in [9.17, 15) is 0 Å². The van der Waals surface area contributed by atoms with E-state index in [2.05, 4.69) is 34.0 Å². The first-order chi connectivity index (χ1) is 6.59. The van der Waals surface area contributed by atoms with Crippen molar-refractivity contribution < 1.29 is 0 Å². The first-order valence-electron chi connectivity index (χ1n) is 4.83. The van der Waals surface area contributed by atoms with Crippen LogP contribution in [0.4, 0.5) is 5.82 Å². The molecule has 0 saturated heterocycles. The average Bonchev–Trinajstić information content (AvgIpc) is 2.15. The summed E-state index contributed by atoms with van der Waals surface area (Å²) in [4.78, 5) is 8.48. The molecular weight excluding hydrogens is 176 g/mol. The number of aliphatic imine (C=N–C) groups is 1. The first kappa shape index (κ1) is 10.8. The maximum absolute atomic E-state index is 4.27. The van der Waals surface area contributed by atoms with Crippen molar-refractivity contribution in [2.75, 3.05) is 0 Å². The Labute approximate surface area is 84.5 Å². The lowest BCUT2D eigenvalue weighted by Crippen LogP contribution is -1.98. The minimum absolute atomic E-state index is 0.289. The average molecular weight is 192 g/mol. The van der Waals surface area contributed by atoms with Crippen molar-refractivity contribution in [3.05, 3.63) is 12.0 Å². The van der Waals surface area contributed by atoms with Crippen LogP contribution in [0.2, 0.25) is 0 Å². The fourth-order valence-electron chi connectivity index (χ4n) is 0.840. The second-order valence-corrected chi connectivity index (χ2v) is 3.85. The maximum Gasteiger partial charge on any atom is 0.174 e. The minimum atomic E-state index is 0.289. The third kappa shape index (κ3) is 3.20. The van der Waals surface area contributed by atoms with Crippen LogP contribution in [0.3, 0.4) is 0 Å². The summed E-state index contributed by atoms with van der Waals surface area (Å²) >= 11 is 0. The van der Waals surface area contributed by atoms with E-state index in [0.29, 0.717) is 11.7 Å². The van der Waals surface area contributed by atoms with Gasteiger partial charge in [0.05, 0.1) is 6.20 Å². The molecule has 0 radical (unpaired) electrons. The molecule has 0 unspecified atom stereocenters. The molecule has 1 rings (SSSR count). The summed E-state index contributed by atoms with van der Waals surface area (Å²) < 4.78 is 0. The molecule has 0 aliphatic heterocycles. The summed E-state index contributed by atoms with van der Waals surface area (Å²) in [7, 11) is 0. The van der Waals surface area contributed by atoms with Gasteiger partial charge in [0, 0.05) is 12.1 Å². The molecule has 0 atom stereocenters. The monoisotopic (exact) mass is 192 g/mol. The van der Waals surface area contributed by atoms with Crippen LogP contribution in [0.25, 0.3) is 0 Å². The Kier molecular flexibility index (Phi) is 3.68. The summed E-state index contributed by atoms with van der Waals surface area (Å²) in [5.41, 5.74) is 0. The molecule has 1 aromatic rings. The summed E-state index contributed by atoms with van der Waals surface area (Å²) in [6, 6.07) is 0. The lowest BCUT2D eigenvalue weighted by atomic mass is 10.2. The molecular formula is C10H16N4. The smallest absolute Gasteiger partial charge is 0.174 e. The quantitative estimate of drug-likeness (QED) is 0.691. The SMILES string of the molecule is CC(C)C=Nc1cnnc(C(C)C)n1. The van der Waals surface area contributed by atoms with Crippen LogP contribution in [0, 0.1) is 5.92 Å².